The maximum absolute atomic E-state index is 5.27. The molecule has 0 bridgehead atoms. The lowest BCUT2D eigenvalue weighted by Crippen LogP contribution is -2.05. The van der Waals surface area contributed by atoms with E-state index in [9.17, 15) is 0 Å². The predicted octanol–water partition coefficient (Wildman–Crippen LogP) is 5.74. The first kappa shape index (κ1) is 21.3. The van der Waals surface area contributed by atoms with Crippen LogP contribution >= 0.6 is 11.8 Å². The summed E-state index contributed by atoms with van der Waals surface area (Å²) in [6.45, 7) is 3.46. The van der Waals surface area contributed by atoms with Gasteiger partial charge in [-0.05, 0) is 24.3 Å². The van der Waals surface area contributed by atoms with E-state index in [-0.39, 0.29) is 0 Å². The summed E-state index contributed by atoms with van der Waals surface area (Å²) in [6, 6.07) is 0. The van der Waals surface area contributed by atoms with Gasteiger partial charge in [-0.25, -0.2) is 0 Å². The van der Waals surface area contributed by atoms with Crippen molar-refractivity contribution in [3.05, 3.63) is 0 Å². The Balaban J connectivity index is 2.90. The summed E-state index contributed by atoms with van der Waals surface area (Å²) in [5.74, 6) is 2.65. The maximum atomic E-state index is 5.27. The third-order valence-electron chi connectivity index (χ3n) is 3.90. The molecule has 0 aliphatic heterocycles. The number of hydrogen-bond acceptors (Lipinski definition) is 3. The fourth-order valence-electron chi connectivity index (χ4n) is 2.58. The summed E-state index contributed by atoms with van der Waals surface area (Å²) in [5.41, 5.74) is 5.27. The summed E-state index contributed by atoms with van der Waals surface area (Å²) >= 11 is 2.08. The Labute approximate surface area is 138 Å². The van der Waals surface area contributed by atoms with Crippen molar-refractivity contribution in [2.24, 2.45) is 5.73 Å². The van der Waals surface area contributed by atoms with E-state index < -0.39 is 0 Å². The smallest absolute Gasteiger partial charge is 0.0940 e. The van der Waals surface area contributed by atoms with Crippen LogP contribution in [0.5, 0.6) is 0 Å². The molecule has 2 N–H and O–H groups in total. The number of thioether (sulfide) groups is 1. The maximum Gasteiger partial charge on any atom is 0.0940 e. The SMILES string of the molecule is CCSCCCCCCCCCCCCCCCOCN. The second kappa shape index (κ2) is 20.3. The molecule has 0 saturated heterocycles. The number of hydrogen-bond donors (Lipinski definition) is 1. The molecule has 0 radical (unpaired) electrons. The highest BCUT2D eigenvalue weighted by Crippen LogP contribution is 2.13. The first-order valence-corrected chi connectivity index (χ1v) is 10.4. The van der Waals surface area contributed by atoms with Gasteiger partial charge in [-0.2, -0.15) is 11.8 Å². The monoisotopic (exact) mass is 317 g/mol. The largest absolute Gasteiger partial charge is 0.367 e. The van der Waals surface area contributed by atoms with Gasteiger partial charge < -0.3 is 10.5 Å². The van der Waals surface area contributed by atoms with E-state index >= 15 is 0 Å². The summed E-state index contributed by atoms with van der Waals surface area (Å²) in [4.78, 5) is 0. The van der Waals surface area contributed by atoms with Gasteiger partial charge in [0.25, 0.3) is 0 Å². The van der Waals surface area contributed by atoms with Crippen LogP contribution in [0, 0.1) is 0 Å². The molecule has 0 unspecified atom stereocenters. The molecule has 0 aromatic heterocycles. The van der Waals surface area contributed by atoms with Crippen LogP contribution in [0.3, 0.4) is 0 Å². The highest BCUT2D eigenvalue weighted by molar-refractivity contribution is 7.99. The van der Waals surface area contributed by atoms with Gasteiger partial charge in [0.15, 0.2) is 0 Å². The zero-order chi connectivity index (χ0) is 15.4. The van der Waals surface area contributed by atoms with Crippen molar-refractivity contribution in [1.82, 2.24) is 0 Å². The second-order valence-electron chi connectivity index (χ2n) is 5.87. The van der Waals surface area contributed by atoms with Crippen molar-refractivity contribution in [2.75, 3.05) is 24.8 Å². The standard InChI is InChI=1S/C18H39NOS/c1-2-21-17-15-13-11-9-7-5-3-4-6-8-10-12-14-16-20-18-19/h2-19H2,1H3. The van der Waals surface area contributed by atoms with Crippen LogP contribution in [-0.4, -0.2) is 24.8 Å². The van der Waals surface area contributed by atoms with Crippen LogP contribution in [0.4, 0.5) is 0 Å². The summed E-state index contributed by atoms with van der Waals surface area (Å²) in [5, 5.41) is 0. The highest BCUT2D eigenvalue weighted by atomic mass is 32.2. The molecule has 2 nitrogen and oxygen atoms in total. The van der Waals surface area contributed by atoms with E-state index in [4.69, 9.17) is 10.5 Å². The number of ether oxygens (including phenoxy) is 1. The van der Waals surface area contributed by atoms with Crippen LogP contribution in [0.2, 0.25) is 0 Å². The van der Waals surface area contributed by atoms with E-state index in [0.29, 0.717) is 6.73 Å². The van der Waals surface area contributed by atoms with E-state index in [1.807, 2.05) is 0 Å². The van der Waals surface area contributed by atoms with Gasteiger partial charge in [-0.3, -0.25) is 0 Å². The van der Waals surface area contributed by atoms with Crippen molar-refractivity contribution >= 4 is 11.8 Å². The summed E-state index contributed by atoms with van der Waals surface area (Å²) in [6.07, 6.45) is 18.2. The van der Waals surface area contributed by atoms with Crippen molar-refractivity contribution in [1.29, 1.82) is 0 Å². The Morgan fingerprint density at radius 1 is 0.667 bits per heavy atom. The fraction of sp³-hybridized carbons (Fsp3) is 1.00. The molecule has 128 valence electrons. The van der Waals surface area contributed by atoms with Crippen molar-refractivity contribution in [3.8, 4) is 0 Å². The summed E-state index contributed by atoms with van der Waals surface area (Å²) < 4.78 is 5.13. The van der Waals surface area contributed by atoms with Gasteiger partial charge in [0.05, 0.1) is 6.73 Å². The summed E-state index contributed by atoms with van der Waals surface area (Å²) in [7, 11) is 0. The number of rotatable bonds is 18. The van der Waals surface area contributed by atoms with E-state index in [1.54, 1.807) is 0 Å². The van der Waals surface area contributed by atoms with Crippen LogP contribution < -0.4 is 5.73 Å². The molecular formula is C18H39NOS. The topological polar surface area (TPSA) is 35.2 Å². The molecule has 0 rings (SSSR count). The average molecular weight is 318 g/mol. The Bertz CT molecular complexity index is 161. The van der Waals surface area contributed by atoms with Crippen LogP contribution in [0.15, 0.2) is 0 Å². The van der Waals surface area contributed by atoms with Crippen LogP contribution in [-0.2, 0) is 4.74 Å². The molecular weight excluding hydrogens is 278 g/mol. The van der Waals surface area contributed by atoms with Crippen molar-refractivity contribution < 1.29 is 4.74 Å². The normalized spacial score (nSPS) is 11.1. The zero-order valence-corrected chi connectivity index (χ0v) is 15.2. The minimum absolute atomic E-state index is 0.373. The molecule has 21 heavy (non-hydrogen) atoms. The Hall–Kier alpha value is 0.270. The van der Waals surface area contributed by atoms with Gasteiger partial charge >= 0.3 is 0 Å². The molecule has 0 fully saturated rings. The van der Waals surface area contributed by atoms with Crippen LogP contribution in [0.25, 0.3) is 0 Å². The number of unbranched alkanes of at least 4 members (excludes halogenated alkanes) is 12. The molecule has 0 amide bonds. The van der Waals surface area contributed by atoms with Crippen molar-refractivity contribution in [3.63, 3.8) is 0 Å². The van der Waals surface area contributed by atoms with E-state index in [0.717, 1.165) is 6.61 Å². The lowest BCUT2D eigenvalue weighted by atomic mass is 10.0. The Morgan fingerprint density at radius 2 is 1.10 bits per heavy atom. The van der Waals surface area contributed by atoms with Crippen molar-refractivity contribution in [2.45, 2.75) is 90.4 Å². The van der Waals surface area contributed by atoms with E-state index in [1.165, 1.54) is 95.0 Å². The molecule has 0 heterocycles. The second-order valence-corrected chi connectivity index (χ2v) is 7.26. The molecule has 0 aliphatic rings. The predicted molar refractivity (Wildman–Crippen MR) is 98.0 cm³/mol. The Kier molecular flexibility index (Phi) is 20.5. The lowest BCUT2D eigenvalue weighted by molar-refractivity contribution is 0.136. The first-order chi connectivity index (χ1) is 10.4. The molecule has 0 saturated carbocycles. The molecule has 0 aromatic rings. The molecule has 0 aliphatic carbocycles. The molecule has 3 heteroatoms. The minimum Gasteiger partial charge on any atom is -0.367 e. The van der Waals surface area contributed by atoms with Gasteiger partial charge in [0.1, 0.15) is 0 Å². The minimum atomic E-state index is 0.373. The molecule has 0 aromatic carbocycles. The van der Waals surface area contributed by atoms with Gasteiger partial charge in [0.2, 0.25) is 0 Å². The Morgan fingerprint density at radius 3 is 1.52 bits per heavy atom. The van der Waals surface area contributed by atoms with Gasteiger partial charge in [-0.15, -0.1) is 0 Å². The van der Waals surface area contributed by atoms with E-state index in [2.05, 4.69) is 18.7 Å². The quantitative estimate of drug-likeness (QED) is 0.258. The van der Waals surface area contributed by atoms with Crippen LogP contribution in [0.1, 0.15) is 90.4 Å². The van der Waals surface area contributed by atoms with Gasteiger partial charge in [-0.1, -0.05) is 77.6 Å². The third-order valence-corrected chi connectivity index (χ3v) is 4.88. The molecule has 0 atom stereocenters. The zero-order valence-electron chi connectivity index (χ0n) is 14.4. The highest BCUT2D eigenvalue weighted by Gasteiger charge is 1.94. The third kappa shape index (κ3) is 20.3. The lowest BCUT2D eigenvalue weighted by Gasteiger charge is -2.03. The number of nitrogens with two attached hydrogens (primary N) is 1. The van der Waals surface area contributed by atoms with Gasteiger partial charge in [0, 0.05) is 6.61 Å². The molecule has 0 spiro atoms. The average Bonchev–Trinajstić information content (AvgIpc) is 2.50. The fourth-order valence-corrected chi connectivity index (χ4v) is 3.28. The first-order valence-electron chi connectivity index (χ1n) is 9.27.